The van der Waals surface area contributed by atoms with Gasteiger partial charge in [0.25, 0.3) is 0 Å². The largest absolute Gasteiger partial charge is 0.331 e. The van der Waals surface area contributed by atoms with Crippen LogP contribution in [0.15, 0.2) is 30.3 Å². The second kappa shape index (κ2) is 4.01. The summed E-state index contributed by atoms with van der Waals surface area (Å²) in [5, 5.41) is 5.48. The number of carbonyl (C=O) groups excluding carboxylic acids is 1. The van der Waals surface area contributed by atoms with Crippen LogP contribution in [0.2, 0.25) is 0 Å². The van der Waals surface area contributed by atoms with Gasteiger partial charge >= 0.3 is 6.03 Å². The molecule has 0 aliphatic heterocycles. The second-order valence-corrected chi connectivity index (χ2v) is 3.53. The monoisotopic (exact) mass is 208 g/mol. The minimum absolute atomic E-state index is 0.197. The number of nitrogens with zero attached hydrogens (tertiary/aromatic N) is 3. The summed E-state index contributed by atoms with van der Waals surface area (Å²) in [5.41, 5.74) is 0. The van der Waals surface area contributed by atoms with E-state index in [9.17, 15) is 4.79 Å². The Balaban J connectivity index is 1.90. The summed E-state index contributed by atoms with van der Waals surface area (Å²) in [6, 6.07) is -0.197. The molecule has 0 aliphatic carbocycles. The van der Waals surface area contributed by atoms with Crippen LogP contribution in [0.1, 0.15) is 5.01 Å². The summed E-state index contributed by atoms with van der Waals surface area (Å²) in [4.78, 5) is 19.2. The maximum Gasteiger partial charge on any atom is 0.327 e. The molecule has 1 amide bonds. The van der Waals surface area contributed by atoms with Crippen molar-refractivity contribution >= 4 is 17.4 Å². The lowest BCUT2D eigenvalue weighted by Gasteiger charge is -2.01. The lowest BCUT2D eigenvalue weighted by molar-refractivity contribution is 0.242. The molecule has 0 radical (unpaired) electrons. The molecule has 6 heteroatoms. The van der Waals surface area contributed by atoms with Crippen LogP contribution < -0.4 is 5.32 Å². The number of carbonyl (C=O) groups is 1. The van der Waals surface area contributed by atoms with Crippen molar-refractivity contribution in [2.75, 3.05) is 0 Å². The number of rotatable bonds is 2. The van der Waals surface area contributed by atoms with E-state index in [2.05, 4.69) is 15.3 Å². The highest BCUT2D eigenvalue weighted by Crippen LogP contribution is 2.02. The van der Waals surface area contributed by atoms with Gasteiger partial charge in [0.2, 0.25) is 0 Å². The van der Waals surface area contributed by atoms with Gasteiger partial charge in [-0.2, -0.15) is 0 Å². The minimum Gasteiger partial charge on any atom is -0.331 e. The summed E-state index contributed by atoms with van der Waals surface area (Å²) in [6.45, 7) is 0.453. The Hall–Kier alpha value is -1.69. The average molecular weight is 208 g/mol. The number of hydrogen-bond acceptors (Lipinski definition) is 4. The van der Waals surface area contributed by atoms with Gasteiger partial charge in [-0.25, -0.2) is 14.8 Å². The van der Waals surface area contributed by atoms with Gasteiger partial charge in [-0.05, 0) is 0 Å². The van der Waals surface area contributed by atoms with E-state index in [1.54, 1.807) is 18.6 Å². The highest BCUT2D eigenvalue weighted by Gasteiger charge is 2.03. The highest BCUT2D eigenvalue weighted by atomic mass is 32.1. The Morgan fingerprint density at radius 2 is 2.50 bits per heavy atom. The summed E-state index contributed by atoms with van der Waals surface area (Å²) < 4.78 is 1.38. The summed E-state index contributed by atoms with van der Waals surface area (Å²) in [5.74, 6) is 0. The highest BCUT2D eigenvalue weighted by molar-refractivity contribution is 7.09. The van der Waals surface area contributed by atoms with Crippen LogP contribution in [0, 0.1) is 0 Å². The molecule has 0 aromatic carbocycles. The molecule has 0 bridgehead atoms. The van der Waals surface area contributed by atoms with E-state index in [0.717, 1.165) is 5.01 Å². The fraction of sp³-hybridized carbons (Fsp3) is 0.125. The molecule has 1 N–H and O–H groups in total. The van der Waals surface area contributed by atoms with Crippen molar-refractivity contribution in [2.45, 2.75) is 6.54 Å². The van der Waals surface area contributed by atoms with E-state index in [1.165, 1.54) is 22.2 Å². The molecule has 2 rings (SSSR count). The predicted molar refractivity (Wildman–Crippen MR) is 52.0 cm³/mol. The normalized spacial score (nSPS) is 10.0. The van der Waals surface area contributed by atoms with E-state index >= 15 is 0 Å². The average Bonchev–Trinajstić information content (AvgIpc) is 2.87. The van der Waals surface area contributed by atoms with Crippen molar-refractivity contribution in [3.05, 3.63) is 35.3 Å². The quantitative estimate of drug-likeness (QED) is 0.803. The SMILES string of the molecule is O=C(NCc1nccs1)n1ccnc1. The van der Waals surface area contributed by atoms with E-state index in [1.807, 2.05) is 5.38 Å². The molecule has 5 nitrogen and oxygen atoms in total. The molecule has 0 atom stereocenters. The smallest absolute Gasteiger partial charge is 0.327 e. The maximum absolute atomic E-state index is 11.4. The zero-order chi connectivity index (χ0) is 9.80. The van der Waals surface area contributed by atoms with E-state index in [4.69, 9.17) is 0 Å². The van der Waals surface area contributed by atoms with Gasteiger partial charge in [0.05, 0.1) is 6.54 Å². The van der Waals surface area contributed by atoms with Crippen LogP contribution in [0.25, 0.3) is 0 Å². The molecular weight excluding hydrogens is 200 g/mol. The van der Waals surface area contributed by atoms with Crippen molar-refractivity contribution < 1.29 is 4.79 Å². The molecular formula is C8H8N4OS. The summed E-state index contributed by atoms with van der Waals surface area (Å²) >= 11 is 1.51. The summed E-state index contributed by atoms with van der Waals surface area (Å²) in [7, 11) is 0. The minimum atomic E-state index is -0.197. The Labute approximate surface area is 84.4 Å². The number of imidazole rings is 1. The topological polar surface area (TPSA) is 59.8 Å². The fourth-order valence-corrected chi connectivity index (χ4v) is 1.52. The third-order valence-electron chi connectivity index (χ3n) is 1.61. The number of amides is 1. The van der Waals surface area contributed by atoms with Gasteiger partial charge in [-0.15, -0.1) is 11.3 Å². The van der Waals surface area contributed by atoms with E-state index in [0.29, 0.717) is 6.54 Å². The van der Waals surface area contributed by atoms with Crippen LogP contribution in [0.4, 0.5) is 4.79 Å². The molecule has 2 aromatic rings. The molecule has 0 spiro atoms. The molecule has 72 valence electrons. The van der Waals surface area contributed by atoms with Crippen LogP contribution in [0.5, 0.6) is 0 Å². The second-order valence-electron chi connectivity index (χ2n) is 2.55. The first kappa shape index (κ1) is 8.89. The third kappa shape index (κ3) is 1.97. The molecule has 0 saturated carbocycles. The van der Waals surface area contributed by atoms with Gasteiger partial charge in [-0.3, -0.25) is 4.57 Å². The van der Waals surface area contributed by atoms with Crippen LogP contribution in [-0.4, -0.2) is 20.6 Å². The van der Waals surface area contributed by atoms with Crippen molar-refractivity contribution in [3.63, 3.8) is 0 Å². The Kier molecular flexibility index (Phi) is 2.55. The zero-order valence-corrected chi connectivity index (χ0v) is 8.07. The first-order chi connectivity index (χ1) is 6.86. The molecule has 0 aliphatic rings. The van der Waals surface area contributed by atoms with Gasteiger partial charge in [0, 0.05) is 24.0 Å². The number of aromatic nitrogens is 3. The first-order valence-electron chi connectivity index (χ1n) is 4.01. The lowest BCUT2D eigenvalue weighted by atomic mass is 10.6. The molecule has 2 aromatic heterocycles. The Morgan fingerprint density at radius 3 is 3.14 bits per heavy atom. The van der Waals surface area contributed by atoms with Gasteiger partial charge in [0.1, 0.15) is 11.3 Å². The fourth-order valence-electron chi connectivity index (χ4n) is 0.962. The van der Waals surface area contributed by atoms with Crippen LogP contribution in [-0.2, 0) is 6.54 Å². The van der Waals surface area contributed by atoms with E-state index < -0.39 is 0 Å². The number of hydrogen-bond donors (Lipinski definition) is 1. The number of nitrogens with one attached hydrogen (secondary N) is 1. The molecule has 0 unspecified atom stereocenters. The van der Waals surface area contributed by atoms with Crippen LogP contribution in [0.3, 0.4) is 0 Å². The van der Waals surface area contributed by atoms with Crippen molar-refractivity contribution in [1.29, 1.82) is 0 Å². The van der Waals surface area contributed by atoms with Crippen LogP contribution >= 0.6 is 11.3 Å². The predicted octanol–water partition coefficient (Wildman–Crippen LogP) is 1.10. The Morgan fingerprint density at radius 1 is 1.57 bits per heavy atom. The first-order valence-corrected chi connectivity index (χ1v) is 4.89. The van der Waals surface area contributed by atoms with Gasteiger partial charge in [-0.1, -0.05) is 0 Å². The zero-order valence-electron chi connectivity index (χ0n) is 7.25. The standard InChI is InChI=1S/C8H8N4OS/c13-8(12-3-1-9-6-12)11-5-7-10-2-4-14-7/h1-4,6H,5H2,(H,11,13). The summed E-state index contributed by atoms with van der Waals surface area (Å²) in [6.07, 6.45) is 6.32. The maximum atomic E-state index is 11.4. The van der Waals surface area contributed by atoms with E-state index in [-0.39, 0.29) is 6.03 Å². The van der Waals surface area contributed by atoms with Crippen molar-refractivity contribution in [1.82, 2.24) is 19.9 Å². The van der Waals surface area contributed by atoms with Gasteiger partial charge in [0.15, 0.2) is 0 Å². The molecule has 2 heterocycles. The molecule has 14 heavy (non-hydrogen) atoms. The van der Waals surface area contributed by atoms with Crippen molar-refractivity contribution in [2.24, 2.45) is 0 Å². The Bertz CT molecular complexity index is 395. The lowest BCUT2D eigenvalue weighted by Crippen LogP contribution is -2.26. The van der Waals surface area contributed by atoms with Gasteiger partial charge < -0.3 is 5.32 Å². The molecule has 0 saturated heterocycles. The third-order valence-corrected chi connectivity index (χ3v) is 2.39. The molecule has 0 fully saturated rings. The van der Waals surface area contributed by atoms with Crippen molar-refractivity contribution in [3.8, 4) is 0 Å². The number of thiazole rings is 1.